The summed E-state index contributed by atoms with van der Waals surface area (Å²) < 4.78 is 0. The van der Waals surface area contributed by atoms with Crippen LogP contribution in [-0.4, -0.2) is 10.8 Å². The van der Waals surface area contributed by atoms with E-state index in [1.807, 2.05) is 12.1 Å². The van der Waals surface area contributed by atoms with Crippen LogP contribution in [0.15, 0.2) is 53.5 Å². The van der Waals surface area contributed by atoms with Crippen molar-refractivity contribution in [3.05, 3.63) is 87.5 Å². The van der Waals surface area contributed by atoms with Gasteiger partial charge < -0.3 is 10.8 Å². The SMILES string of the molecule is CC/C(=N\c1c(C)cc(Cc2cc(C)c(N)c(C(C)C)c2)cc1C(C)C)c1ccc(O)cc1. The number of aromatic hydroxyl groups is 1. The first-order chi connectivity index (χ1) is 15.6. The van der Waals surface area contributed by atoms with Gasteiger partial charge >= 0.3 is 0 Å². The van der Waals surface area contributed by atoms with Crippen LogP contribution >= 0.6 is 0 Å². The van der Waals surface area contributed by atoms with Gasteiger partial charge in [0.1, 0.15) is 5.75 Å². The lowest BCUT2D eigenvalue weighted by Crippen LogP contribution is -2.03. The average molecular weight is 443 g/mol. The summed E-state index contributed by atoms with van der Waals surface area (Å²) >= 11 is 0. The number of anilines is 1. The highest BCUT2D eigenvalue weighted by molar-refractivity contribution is 6.02. The van der Waals surface area contributed by atoms with Crippen LogP contribution in [0.3, 0.4) is 0 Å². The number of aryl methyl sites for hydroxylation is 2. The highest BCUT2D eigenvalue weighted by Gasteiger charge is 2.15. The molecule has 0 atom stereocenters. The van der Waals surface area contributed by atoms with Gasteiger partial charge in [-0.05, 0) is 102 Å². The van der Waals surface area contributed by atoms with E-state index in [-0.39, 0.29) is 5.75 Å². The second kappa shape index (κ2) is 10.2. The van der Waals surface area contributed by atoms with Crippen molar-refractivity contribution in [1.82, 2.24) is 0 Å². The van der Waals surface area contributed by atoms with Crippen molar-refractivity contribution < 1.29 is 5.11 Å². The normalized spacial score (nSPS) is 12.1. The summed E-state index contributed by atoms with van der Waals surface area (Å²) in [4.78, 5) is 5.13. The molecule has 3 rings (SSSR count). The lowest BCUT2D eigenvalue weighted by atomic mass is 9.90. The molecule has 0 amide bonds. The third-order valence-corrected chi connectivity index (χ3v) is 6.30. The Kier molecular flexibility index (Phi) is 7.63. The van der Waals surface area contributed by atoms with Gasteiger partial charge in [0, 0.05) is 11.4 Å². The van der Waals surface area contributed by atoms with Crippen LogP contribution in [-0.2, 0) is 6.42 Å². The Morgan fingerprint density at radius 3 is 1.94 bits per heavy atom. The van der Waals surface area contributed by atoms with Crippen molar-refractivity contribution >= 4 is 17.1 Å². The maximum atomic E-state index is 9.65. The molecule has 0 saturated heterocycles. The third kappa shape index (κ3) is 5.65. The molecular weight excluding hydrogens is 404 g/mol. The van der Waals surface area contributed by atoms with Crippen LogP contribution in [0.1, 0.15) is 91.8 Å². The van der Waals surface area contributed by atoms with E-state index in [1.165, 1.54) is 27.8 Å². The fraction of sp³-hybridized carbons (Fsp3) is 0.367. The van der Waals surface area contributed by atoms with Gasteiger partial charge in [-0.2, -0.15) is 0 Å². The summed E-state index contributed by atoms with van der Waals surface area (Å²) in [6.07, 6.45) is 1.70. The van der Waals surface area contributed by atoms with Gasteiger partial charge in [-0.1, -0.05) is 58.9 Å². The van der Waals surface area contributed by atoms with Gasteiger partial charge in [0.05, 0.1) is 5.69 Å². The van der Waals surface area contributed by atoms with E-state index in [9.17, 15) is 5.11 Å². The highest BCUT2D eigenvalue weighted by atomic mass is 16.3. The predicted molar refractivity (Wildman–Crippen MR) is 142 cm³/mol. The number of benzene rings is 3. The number of hydrogen-bond acceptors (Lipinski definition) is 3. The minimum absolute atomic E-state index is 0.274. The average Bonchev–Trinajstić information content (AvgIpc) is 2.75. The number of phenolic OH excluding ortho intramolecular Hbond substituents is 1. The maximum absolute atomic E-state index is 9.65. The van der Waals surface area contributed by atoms with E-state index in [0.717, 1.165) is 41.1 Å². The maximum Gasteiger partial charge on any atom is 0.115 e. The molecule has 0 fully saturated rings. The Balaban J connectivity index is 2.04. The minimum Gasteiger partial charge on any atom is -0.508 e. The van der Waals surface area contributed by atoms with Crippen LogP contribution in [0, 0.1) is 13.8 Å². The van der Waals surface area contributed by atoms with Crippen molar-refractivity contribution in [1.29, 1.82) is 0 Å². The van der Waals surface area contributed by atoms with E-state index < -0.39 is 0 Å². The topological polar surface area (TPSA) is 58.6 Å². The van der Waals surface area contributed by atoms with E-state index in [1.54, 1.807) is 12.1 Å². The van der Waals surface area contributed by atoms with Crippen molar-refractivity contribution in [2.24, 2.45) is 4.99 Å². The number of nitrogens with two attached hydrogens (primary N) is 1. The Bertz CT molecular complexity index is 1150. The predicted octanol–water partition coefficient (Wildman–Crippen LogP) is 7.96. The Morgan fingerprint density at radius 2 is 1.39 bits per heavy atom. The molecule has 0 aromatic heterocycles. The number of nitrogen functional groups attached to an aromatic ring is 1. The molecule has 0 aliphatic carbocycles. The lowest BCUT2D eigenvalue weighted by molar-refractivity contribution is 0.475. The molecule has 0 bridgehead atoms. The van der Waals surface area contributed by atoms with Crippen LogP contribution in [0.2, 0.25) is 0 Å². The summed E-state index contributed by atoms with van der Waals surface area (Å²) in [5.41, 5.74) is 17.8. The summed E-state index contributed by atoms with van der Waals surface area (Å²) in [6, 6.07) is 16.4. The number of hydrogen-bond donors (Lipinski definition) is 2. The zero-order valence-corrected chi connectivity index (χ0v) is 21.2. The zero-order valence-electron chi connectivity index (χ0n) is 21.2. The number of nitrogens with zero attached hydrogens (tertiary/aromatic N) is 1. The largest absolute Gasteiger partial charge is 0.508 e. The van der Waals surface area contributed by atoms with Crippen molar-refractivity contribution in [3.8, 4) is 5.75 Å². The molecule has 33 heavy (non-hydrogen) atoms. The molecule has 3 heteroatoms. The van der Waals surface area contributed by atoms with Gasteiger partial charge in [0.15, 0.2) is 0 Å². The Hall–Kier alpha value is -3.07. The van der Waals surface area contributed by atoms with Crippen LogP contribution < -0.4 is 5.73 Å². The number of aliphatic imine (C=N–C) groups is 1. The molecule has 0 aliphatic heterocycles. The lowest BCUT2D eigenvalue weighted by Gasteiger charge is -2.18. The Labute approximate surface area is 199 Å². The summed E-state index contributed by atoms with van der Waals surface area (Å²) in [5.74, 6) is 1.04. The van der Waals surface area contributed by atoms with Crippen molar-refractivity contribution in [2.75, 3.05) is 5.73 Å². The van der Waals surface area contributed by atoms with Gasteiger partial charge in [0.25, 0.3) is 0 Å². The molecule has 3 aromatic carbocycles. The minimum atomic E-state index is 0.274. The molecule has 3 nitrogen and oxygen atoms in total. The monoisotopic (exact) mass is 442 g/mol. The van der Waals surface area contributed by atoms with E-state index in [2.05, 4.69) is 72.7 Å². The molecular formula is C30H38N2O. The third-order valence-electron chi connectivity index (χ3n) is 6.30. The summed E-state index contributed by atoms with van der Waals surface area (Å²) in [6.45, 7) is 15.2. The first kappa shape index (κ1) is 24.6. The van der Waals surface area contributed by atoms with E-state index in [4.69, 9.17) is 10.7 Å². The standard InChI is InChI=1S/C30H38N2O/c1-8-28(24-9-11-25(33)12-10-24)32-30-21(7)14-23(17-27(30)19(4)5)15-22-13-20(6)29(31)26(16-22)18(2)3/h9-14,16-19,33H,8,15,31H2,1-7H3/b32-28+. The van der Waals surface area contributed by atoms with Crippen LogP contribution in [0.5, 0.6) is 5.75 Å². The Morgan fingerprint density at radius 1 is 0.848 bits per heavy atom. The zero-order chi connectivity index (χ0) is 24.3. The molecule has 0 unspecified atom stereocenters. The molecule has 3 N–H and O–H groups in total. The fourth-order valence-corrected chi connectivity index (χ4v) is 4.43. The van der Waals surface area contributed by atoms with Gasteiger partial charge in [-0.15, -0.1) is 0 Å². The molecule has 0 saturated carbocycles. The second-order valence-corrected chi connectivity index (χ2v) is 9.71. The highest BCUT2D eigenvalue weighted by Crippen LogP contribution is 2.34. The molecule has 0 radical (unpaired) electrons. The van der Waals surface area contributed by atoms with Gasteiger partial charge in [0.2, 0.25) is 0 Å². The summed E-state index contributed by atoms with van der Waals surface area (Å²) in [7, 11) is 0. The second-order valence-electron chi connectivity index (χ2n) is 9.71. The molecule has 174 valence electrons. The fourth-order valence-electron chi connectivity index (χ4n) is 4.43. The summed E-state index contributed by atoms with van der Waals surface area (Å²) in [5, 5.41) is 9.65. The van der Waals surface area contributed by atoms with E-state index >= 15 is 0 Å². The smallest absolute Gasteiger partial charge is 0.115 e. The number of rotatable bonds is 7. The molecule has 0 spiro atoms. The first-order valence-corrected chi connectivity index (χ1v) is 12.0. The van der Waals surface area contributed by atoms with Gasteiger partial charge in [-0.3, -0.25) is 4.99 Å². The quantitative estimate of drug-likeness (QED) is 0.288. The molecule has 3 aromatic rings. The van der Waals surface area contributed by atoms with Crippen LogP contribution in [0.4, 0.5) is 11.4 Å². The van der Waals surface area contributed by atoms with Crippen molar-refractivity contribution in [2.45, 2.75) is 73.1 Å². The molecule has 0 aliphatic rings. The number of phenols is 1. The first-order valence-electron chi connectivity index (χ1n) is 12.0. The van der Waals surface area contributed by atoms with Gasteiger partial charge in [-0.25, -0.2) is 0 Å². The van der Waals surface area contributed by atoms with Crippen LogP contribution in [0.25, 0.3) is 0 Å². The molecule has 0 heterocycles. The van der Waals surface area contributed by atoms with E-state index in [0.29, 0.717) is 11.8 Å². The van der Waals surface area contributed by atoms with Crippen molar-refractivity contribution in [3.63, 3.8) is 0 Å².